The molecule has 0 spiro atoms. The van der Waals surface area contributed by atoms with Crippen LogP contribution in [0.4, 0.5) is 9.59 Å². The van der Waals surface area contributed by atoms with Crippen LogP contribution in [0.3, 0.4) is 0 Å². The summed E-state index contributed by atoms with van der Waals surface area (Å²) >= 11 is 0. The van der Waals surface area contributed by atoms with E-state index in [1.807, 2.05) is 0 Å². The molecule has 0 bridgehead atoms. The van der Waals surface area contributed by atoms with Gasteiger partial charge in [0.05, 0.1) is 19.8 Å². The van der Waals surface area contributed by atoms with E-state index >= 15 is 0 Å². The van der Waals surface area contributed by atoms with Gasteiger partial charge < -0.3 is 29.6 Å². The van der Waals surface area contributed by atoms with E-state index in [1.54, 1.807) is 13.8 Å². The van der Waals surface area contributed by atoms with Crippen molar-refractivity contribution in [1.82, 2.24) is 10.6 Å². The van der Waals surface area contributed by atoms with Crippen LogP contribution in [-0.4, -0.2) is 69.6 Å². The molecule has 39 heavy (non-hydrogen) atoms. The van der Waals surface area contributed by atoms with Crippen LogP contribution in [0.15, 0.2) is 24.3 Å². The van der Waals surface area contributed by atoms with Crippen molar-refractivity contribution in [3.05, 3.63) is 24.3 Å². The third kappa shape index (κ3) is 15.3. The molecule has 0 saturated heterocycles. The highest BCUT2D eigenvalue weighted by Gasteiger charge is 2.42. The minimum Gasteiger partial charge on any atom is -0.462 e. The molecule has 10 nitrogen and oxygen atoms in total. The molecule has 10 heteroatoms. The average Bonchev–Trinajstić information content (AvgIpc) is 2.82. The van der Waals surface area contributed by atoms with E-state index in [0.29, 0.717) is 56.4 Å². The van der Waals surface area contributed by atoms with Crippen LogP contribution < -0.4 is 10.6 Å². The Morgan fingerprint density at radius 3 is 1.95 bits per heavy atom. The van der Waals surface area contributed by atoms with E-state index in [9.17, 15) is 19.2 Å². The van der Waals surface area contributed by atoms with Gasteiger partial charge in [-0.15, -0.1) is 0 Å². The van der Waals surface area contributed by atoms with E-state index in [-0.39, 0.29) is 49.1 Å². The van der Waals surface area contributed by atoms with Crippen LogP contribution in [0.2, 0.25) is 0 Å². The highest BCUT2D eigenvalue weighted by atomic mass is 16.6. The summed E-state index contributed by atoms with van der Waals surface area (Å²) in [5.41, 5.74) is 0.567. The summed E-state index contributed by atoms with van der Waals surface area (Å²) in [4.78, 5) is 47.4. The molecule has 2 atom stereocenters. The smallest absolute Gasteiger partial charge is 0.407 e. The zero-order valence-electron chi connectivity index (χ0n) is 24.4. The zero-order chi connectivity index (χ0) is 29.5. The van der Waals surface area contributed by atoms with Gasteiger partial charge in [-0.05, 0) is 75.2 Å². The first-order chi connectivity index (χ1) is 18.2. The van der Waals surface area contributed by atoms with Crippen molar-refractivity contribution in [2.24, 2.45) is 10.8 Å². The number of carbonyl (C=O) groups excluding carboxylic acids is 4. The number of hydrogen-bond acceptors (Lipinski definition) is 8. The second-order valence-corrected chi connectivity index (χ2v) is 11.6. The van der Waals surface area contributed by atoms with Crippen molar-refractivity contribution in [1.29, 1.82) is 0 Å². The van der Waals surface area contributed by atoms with Gasteiger partial charge in [0.25, 0.3) is 0 Å². The summed E-state index contributed by atoms with van der Waals surface area (Å²) in [5.74, 6) is -0.537. The van der Waals surface area contributed by atoms with Gasteiger partial charge in [-0.2, -0.15) is 0 Å². The Balaban J connectivity index is 2.31. The van der Waals surface area contributed by atoms with Crippen molar-refractivity contribution in [3.8, 4) is 0 Å². The third-order valence-electron chi connectivity index (χ3n) is 6.40. The number of hydrogen-bond donors (Lipinski definition) is 2. The van der Waals surface area contributed by atoms with Crippen LogP contribution >= 0.6 is 0 Å². The fourth-order valence-corrected chi connectivity index (χ4v) is 4.83. The highest BCUT2D eigenvalue weighted by Crippen LogP contribution is 2.45. The number of carbonyl (C=O) groups is 4. The van der Waals surface area contributed by atoms with Gasteiger partial charge in [-0.3, -0.25) is 4.79 Å². The highest BCUT2D eigenvalue weighted by molar-refractivity contribution is 5.95. The van der Waals surface area contributed by atoms with Crippen LogP contribution in [0.1, 0.15) is 79.6 Å². The lowest BCUT2D eigenvalue weighted by atomic mass is 9.62. The first-order valence-electron chi connectivity index (χ1n) is 13.7. The maximum Gasteiger partial charge on any atom is 0.407 e. The molecule has 0 aromatic carbocycles. The average molecular weight is 553 g/mol. The fourth-order valence-electron chi connectivity index (χ4n) is 4.83. The Kier molecular flexibility index (Phi) is 14.8. The number of ketones is 1. The van der Waals surface area contributed by atoms with Crippen molar-refractivity contribution in [2.45, 2.75) is 85.6 Å². The van der Waals surface area contributed by atoms with E-state index in [1.165, 1.54) is 0 Å². The predicted molar refractivity (Wildman–Crippen MR) is 148 cm³/mol. The summed E-state index contributed by atoms with van der Waals surface area (Å²) in [6, 6.07) is -0.0858. The van der Waals surface area contributed by atoms with Gasteiger partial charge in [-0.1, -0.05) is 33.9 Å². The quantitative estimate of drug-likeness (QED) is 0.113. The summed E-state index contributed by atoms with van der Waals surface area (Å²) in [6.45, 7) is 18.4. The van der Waals surface area contributed by atoms with Gasteiger partial charge >= 0.3 is 18.2 Å². The predicted octanol–water partition coefficient (Wildman–Crippen LogP) is 4.87. The Morgan fingerprint density at radius 1 is 0.795 bits per heavy atom. The number of unbranched alkanes of at least 4 members (excludes halogenated alkanes) is 2. The van der Waals surface area contributed by atoms with Gasteiger partial charge in [0, 0.05) is 24.8 Å². The normalized spacial score (nSPS) is 19.9. The van der Waals surface area contributed by atoms with Crippen LogP contribution in [0.25, 0.3) is 0 Å². The molecule has 0 aliphatic heterocycles. The molecule has 1 rings (SSSR count). The number of Topliss-reactive ketones (excluding diaryl/α,β-unsaturated/α-hetero) is 1. The second kappa shape index (κ2) is 16.9. The van der Waals surface area contributed by atoms with Gasteiger partial charge in [0.2, 0.25) is 0 Å². The maximum absolute atomic E-state index is 12.4. The van der Waals surface area contributed by atoms with Crippen molar-refractivity contribution in [3.63, 3.8) is 0 Å². The minimum atomic E-state index is -0.476. The van der Waals surface area contributed by atoms with E-state index < -0.39 is 18.2 Å². The number of rotatable bonds is 17. The molecule has 1 aliphatic carbocycles. The largest absolute Gasteiger partial charge is 0.462 e. The minimum absolute atomic E-state index is 0.0218. The molecular weight excluding hydrogens is 504 g/mol. The molecule has 2 amide bonds. The van der Waals surface area contributed by atoms with Gasteiger partial charge in [0.15, 0.2) is 5.78 Å². The Labute approximate surface area is 233 Å². The van der Waals surface area contributed by atoms with Gasteiger partial charge in [0.1, 0.15) is 6.61 Å². The molecule has 0 aromatic heterocycles. The zero-order valence-corrected chi connectivity index (χ0v) is 24.4. The van der Waals surface area contributed by atoms with Crippen molar-refractivity contribution >= 4 is 23.9 Å². The van der Waals surface area contributed by atoms with E-state index in [2.05, 4.69) is 44.6 Å². The molecule has 0 radical (unpaired) electrons. The molecule has 222 valence electrons. The molecule has 2 N–H and O–H groups in total. The topological polar surface area (TPSA) is 129 Å². The number of amides is 2. The Morgan fingerprint density at radius 2 is 1.36 bits per heavy atom. The first-order valence-corrected chi connectivity index (χ1v) is 13.7. The SMILES string of the molecule is C=C(C)C(=O)COCCCCOC(=O)NCC1(C)CC(NC(=O)OCCCCOC(=O)C(=C)C)CC(C)(C)C1. The van der Waals surface area contributed by atoms with E-state index in [4.69, 9.17) is 18.9 Å². The molecule has 2 unspecified atom stereocenters. The fraction of sp³-hybridized carbons (Fsp3) is 0.724. The second-order valence-electron chi connectivity index (χ2n) is 11.6. The van der Waals surface area contributed by atoms with E-state index in [0.717, 1.165) is 12.8 Å². The number of ether oxygens (including phenoxy) is 4. The standard InChI is InChI=1S/C29H48N2O8/c1-21(2)24(32)18-36-12-8-9-14-38-26(34)30-20-29(7)17-23(16-28(5,6)19-29)31-27(35)39-15-11-10-13-37-25(33)22(3)4/h23H,1,3,8-20H2,2,4-7H3,(H,30,34)(H,31,35). The molecule has 0 aromatic rings. The van der Waals surface area contributed by atoms with Crippen LogP contribution in [0.5, 0.6) is 0 Å². The van der Waals surface area contributed by atoms with Gasteiger partial charge in [-0.25, -0.2) is 14.4 Å². The van der Waals surface area contributed by atoms with Crippen LogP contribution in [-0.2, 0) is 28.5 Å². The first kappa shape index (κ1) is 34.1. The Hall–Kier alpha value is -2.88. The molecular formula is C29H48N2O8. The monoisotopic (exact) mass is 552 g/mol. The lowest BCUT2D eigenvalue weighted by Crippen LogP contribution is -2.50. The lowest BCUT2D eigenvalue weighted by molar-refractivity contribution is -0.139. The summed E-state index contributed by atoms with van der Waals surface area (Å²) < 4.78 is 20.9. The van der Waals surface area contributed by atoms with Crippen molar-refractivity contribution < 1.29 is 38.1 Å². The van der Waals surface area contributed by atoms with Crippen LogP contribution in [0, 0.1) is 10.8 Å². The molecule has 1 saturated carbocycles. The maximum atomic E-state index is 12.4. The molecule has 0 heterocycles. The molecule has 1 aliphatic rings. The van der Waals surface area contributed by atoms with Crippen molar-refractivity contribution in [2.75, 3.05) is 39.6 Å². The summed E-state index contributed by atoms with van der Waals surface area (Å²) in [5, 5.41) is 5.84. The summed E-state index contributed by atoms with van der Waals surface area (Å²) in [7, 11) is 0. The number of nitrogens with one attached hydrogen (secondary N) is 2. The lowest BCUT2D eigenvalue weighted by Gasteiger charge is -2.46. The molecule has 1 fully saturated rings. The summed E-state index contributed by atoms with van der Waals surface area (Å²) in [6.07, 6.45) is 3.92. The third-order valence-corrected chi connectivity index (χ3v) is 6.40. The number of alkyl carbamates (subject to hydrolysis) is 2. The Bertz CT molecular complexity index is 869. The number of esters is 1.